The first-order valence-corrected chi connectivity index (χ1v) is 7.82. The normalized spacial score (nSPS) is 16.0. The summed E-state index contributed by atoms with van der Waals surface area (Å²) in [6.07, 6.45) is 7.08. The van der Waals surface area contributed by atoms with Crippen LogP contribution in [0.5, 0.6) is 0 Å². The molecule has 1 aliphatic heterocycles. The van der Waals surface area contributed by atoms with Crippen LogP contribution in [-0.4, -0.2) is 58.7 Å². The van der Waals surface area contributed by atoms with Crippen molar-refractivity contribution in [3.8, 4) is 11.5 Å². The fraction of sp³-hybridized carbons (Fsp3) is 0.375. The van der Waals surface area contributed by atoms with Crippen LogP contribution in [0.1, 0.15) is 0 Å². The van der Waals surface area contributed by atoms with E-state index in [9.17, 15) is 0 Å². The molecular weight excluding hydrogens is 294 g/mol. The highest BCUT2D eigenvalue weighted by Gasteiger charge is 2.16. The Balaban J connectivity index is 1.56. The maximum Gasteiger partial charge on any atom is 0.157 e. The number of aromatic nitrogens is 3. The monoisotopic (exact) mass is 313 g/mol. The van der Waals surface area contributed by atoms with Crippen molar-refractivity contribution >= 4 is 11.5 Å². The molecule has 1 aliphatic rings. The minimum absolute atomic E-state index is 0.752. The van der Waals surface area contributed by atoms with Crippen LogP contribution >= 0.6 is 0 Å². The summed E-state index contributed by atoms with van der Waals surface area (Å²) in [5.41, 5.74) is 1.61. The molecule has 0 saturated carbocycles. The van der Waals surface area contributed by atoms with Crippen LogP contribution in [0.25, 0.3) is 17.1 Å². The maximum atomic E-state index is 5.52. The number of imidazole rings is 1. The Morgan fingerprint density at radius 3 is 3.00 bits per heavy atom. The first kappa shape index (κ1) is 14.2. The molecule has 120 valence electrons. The molecule has 3 aromatic heterocycles. The van der Waals surface area contributed by atoms with E-state index in [0.29, 0.717) is 0 Å². The third kappa shape index (κ3) is 2.93. The Hall–Kier alpha value is -2.38. The summed E-state index contributed by atoms with van der Waals surface area (Å²) in [5, 5.41) is 3.50. The summed E-state index contributed by atoms with van der Waals surface area (Å²) in [6.45, 7) is 5.43. The van der Waals surface area contributed by atoms with Gasteiger partial charge in [0.05, 0.1) is 25.7 Å². The summed E-state index contributed by atoms with van der Waals surface area (Å²) >= 11 is 0. The zero-order valence-electron chi connectivity index (χ0n) is 12.8. The van der Waals surface area contributed by atoms with Gasteiger partial charge in [-0.05, 0) is 12.1 Å². The first-order chi connectivity index (χ1) is 11.4. The first-order valence-electron chi connectivity index (χ1n) is 7.82. The van der Waals surface area contributed by atoms with E-state index in [4.69, 9.17) is 9.15 Å². The van der Waals surface area contributed by atoms with Gasteiger partial charge in [0, 0.05) is 38.6 Å². The fourth-order valence-electron chi connectivity index (χ4n) is 2.82. The molecule has 1 N–H and O–H groups in total. The smallest absolute Gasteiger partial charge is 0.157 e. The second-order valence-electron chi connectivity index (χ2n) is 5.47. The summed E-state index contributed by atoms with van der Waals surface area (Å²) in [4.78, 5) is 11.2. The molecule has 4 heterocycles. The van der Waals surface area contributed by atoms with Crippen LogP contribution in [0, 0.1) is 0 Å². The van der Waals surface area contributed by atoms with Gasteiger partial charge >= 0.3 is 0 Å². The lowest BCUT2D eigenvalue weighted by Crippen LogP contribution is -2.39. The van der Waals surface area contributed by atoms with Gasteiger partial charge in [-0.3, -0.25) is 14.3 Å². The molecule has 0 radical (unpaired) electrons. The van der Waals surface area contributed by atoms with E-state index in [1.807, 2.05) is 22.7 Å². The summed E-state index contributed by atoms with van der Waals surface area (Å²) < 4.78 is 12.9. The van der Waals surface area contributed by atoms with Crippen molar-refractivity contribution in [3.05, 3.63) is 37.0 Å². The number of nitrogens with one attached hydrogen (secondary N) is 1. The van der Waals surface area contributed by atoms with E-state index in [1.54, 1.807) is 18.7 Å². The molecule has 23 heavy (non-hydrogen) atoms. The Labute approximate surface area is 133 Å². The average molecular weight is 313 g/mol. The van der Waals surface area contributed by atoms with Crippen LogP contribution in [0.15, 0.2) is 41.4 Å². The quantitative estimate of drug-likeness (QED) is 0.774. The number of fused-ring (bicyclic) bond motifs is 1. The number of morpholine rings is 1. The zero-order valence-corrected chi connectivity index (χ0v) is 12.8. The van der Waals surface area contributed by atoms with Crippen molar-refractivity contribution < 1.29 is 9.15 Å². The van der Waals surface area contributed by atoms with Gasteiger partial charge < -0.3 is 14.5 Å². The topological polar surface area (TPSA) is 67.8 Å². The third-order valence-corrected chi connectivity index (χ3v) is 4.01. The molecule has 0 amide bonds. The second-order valence-corrected chi connectivity index (χ2v) is 5.47. The molecule has 1 fully saturated rings. The fourth-order valence-corrected chi connectivity index (χ4v) is 2.82. The van der Waals surface area contributed by atoms with Gasteiger partial charge in [-0.1, -0.05) is 0 Å². The number of nitrogens with zero attached hydrogens (tertiary/aromatic N) is 4. The van der Waals surface area contributed by atoms with E-state index in [1.165, 1.54) is 0 Å². The molecule has 7 heteroatoms. The van der Waals surface area contributed by atoms with E-state index in [-0.39, 0.29) is 0 Å². The summed E-state index contributed by atoms with van der Waals surface area (Å²) in [7, 11) is 0. The van der Waals surface area contributed by atoms with Crippen LogP contribution in [0.3, 0.4) is 0 Å². The Bertz CT molecular complexity index is 762. The predicted molar refractivity (Wildman–Crippen MR) is 86.4 cm³/mol. The van der Waals surface area contributed by atoms with Gasteiger partial charge in [-0.2, -0.15) is 0 Å². The molecule has 7 nitrogen and oxygen atoms in total. The number of furan rings is 1. The predicted octanol–water partition coefficient (Wildman–Crippen LogP) is 1.73. The van der Waals surface area contributed by atoms with Crippen molar-refractivity contribution in [2.45, 2.75) is 0 Å². The van der Waals surface area contributed by atoms with Crippen LogP contribution in [-0.2, 0) is 4.74 Å². The lowest BCUT2D eigenvalue weighted by molar-refractivity contribution is 0.0398. The van der Waals surface area contributed by atoms with E-state index < -0.39 is 0 Å². The standard InChI is InChI=1S/C16H19N5O2/c1-2-13(23-9-1)15-16(21-6-3-17-12-14(21)19-15)18-4-5-20-7-10-22-11-8-20/h1-3,6,9,12,18H,4-5,7-8,10-11H2. The molecular formula is C16H19N5O2. The zero-order chi connectivity index (χ0) is 15.5. The molecule has 0 aliphatic carbocycles. The van der Waals surface area contributed by atoms with Crippen molar-refractivity contribution in [1.82, 2.24) is 19.3 Å². The van der Waals surface area contributed by atoms with Crippen molar-refractivity contribution in [1.29, 1.82) is 0 Å². The third-order valence-electron chi connectivity index (χ3n) is 4.01. The molecule has 1 saturated heterocycles. The van der Waals surface area contributed by atoms with Gasteiger partial charge in [0.1, 0.15) is 11.5 Å². The van der Waals surface area contributed by atoms with Crippen molar-refractivity contribution in [2.24, 2.45) is 0 Å². The molecule has 0 spiro atoms. The summed E-state index contributed by atoms with van der Waals surface area (Å²) in [6, 6.07) is 3.79. The van der Waals surface area contributed by atoms with Crippen LogP contribution < -0.4 is 5.32 Å². The number of anilines is 1. The molecule has 0 bridgehead atoms. The second kappa shape index (κ2) is 6.39. The van der Waals surface area contributed by atoms with E-state index in [0.717, 1.165) is 62.3 Å². The van der Waals surface area contributed by atoms with E-state index >= 15 is 0 Å². The molecule has 0 aromatic carbocycles. The van der Waals surface area contributed by atoms with Crippen molar-refractivity contribution in [2.75, 3.05) is 44.7 Å². The van der Waals surface area contributed by atoms with Gasteiger partial charge in [0.15, 0.2) is 11.4 Å². The largest absolute Gasteiger partial charge is 0.463 e. The van der Waals surface area contributed by atoms with Gasteiger partial charge in [0.25, 0.3) is 0 Å². The lowest BCUT2D eigenvalue weighted by Gasteiger charge is -2.26. The summed E-state index contributed by atoms with van der Waals surface area (Å²) in [5.74, 6) is 1.69. The highest BCUT2D eigenvalue weighted by Crippen LogP contribution is 2.28. The number of ether oxygens (including phenoxy) is 1. The van der Waals surface area contributed by atoms with Gasteiger partial charge in [-0.25, -0.2) is 4.98 Å². The number of rotatable bonds is 5. The minimum atomic E-state index is 0.752. The van der Waals surface area contributed by atoms with Gasteiger partial charge in [0.2, 0.25) is 0 Å². The minimum Gasteiger partial charge on any atom is -0.463 e. The van der Waals surface area contributed by atoms with Crippen molar-refractivity contribution in [3.63, 3.8) is 0 Å². The lowest BCUT2D eigenvalue weighted by atomic mass is 10.3. The number of hydrogen-bond acceptors (Lipinski definition) is 6. The maximum absolute atomic E-state index is 5.52. The Morgan fingerprint density at radius 1 is 1.26 bits per heavy atom. The van der Waals surface area contributed by atoms with Crippen LogP contribution in [0.2, 0.25) is 0 Å². The molecule has 0 unspecified atom stereocenters. The van der Waals surface area contributed by atoms with Crippen LogP contribution in [0.4, 0.5) is 5.82 Å². The number of hydrogen-bond donors (Lipinski definition) is 1. The SMILES string of the molecule is c1coc(-c2nc3cnccn3c2NCCN2CCOCC2)c1. The highest BCUT2D eigenvalue weighted by molar-refractivity contribution is 5.73. The molecule has 3 aromatic rings. The molecule has 0 atom stereocenters. The van der Waals surface area contributed by atoms with E-state index in [2.05, 4.69) is 20.2 Å². The Morgan fingerprint density at radius 2 is 2.17 bits per heavy atom. The molecule has 4 rings (SSSR count). The van der Waals surface area contributed by atoms with Gasteiger partial charge in [-0.15, -0.1) is 0 Å². The average Bonchev–Trinajstić information content (AvgIpc) is 3.24. The Kier molecular flexibility index (Phi) is 3.95. The highest BCUT2D eigenvalue weighted by atomic mass is 16.5.